The summed E-state index contributed by atoms with van der Waals surface area (Å²) in [6.45, 7) is 8.45. The third-order valence-electron chi connectivity index (χ3n) is 6.12. The second-order valence-electron chi connectivity index (χ2n) is 9.71. The van der Waals surface area contributed by atoms with Gasteiger partial charge in [0.15, 0.2) is 0 Å². The number of nitrogens with zero attached hydrogens (tertiary/aromatic N) is 2. The number of Topliss-reactive ketones (excluding diaryl/α,β-unsaturated/α-hetero) is 1. The number of likely N-dealkylation sites (tertiary alicyclic amines) is 1. The summed E-state index contributed by atoms with van der Waals surface area (Å²) in [4.78, 5) is 30.0. The van der Waals surface area contributed by atoms with E-state index in [1.165, 1.54) is 0 Å². The Morgan fingerprint density at radius 1 is 1.06 bits per heavy atom. The first-order valence-electron chi connectivity index (χ1n) is 12.6. The van der Waals surface area contributed by atoms with Gasteiger partial charge in [-0.25, -0.2) is 0 Å². The monoisotopic (exact) mass is 494 g/mol. The van der Waals surface area contributed by atoms with Crippen molar-refractivity contribution in [3.63, 3.8) is 0 Å². The predicted octanol–water partition coefficient (Wildman–Crippen LogP) is 4.88. The molecule has 0 radical (unpaired) electrons. The summed E-state index contributed by atoms with van der Waals surface area (Å²) >= 11 is 0. The van der Waals surface area contributed by atoms with E-state index in [4.69, 9.17) is 9.47 Å². The van der Waals surface area contributed by atoms with Crippen molar-refractivity contribution in [2.24, 2.45) is 5.92 Å². The number of rotatable bonds is 12. The Bertz CT molecular complexity index is 1080. The number of benzene rings is 2. The highest BCUT2D eigenvalue weighted by molar-refractivity contribution is 6.46. The zero-order valence-electron chi connectivity index (χ0n) is 22.0. The molecule has 1 aliphatic heterocycles. The van der Waals surface area contributed by atoms with Crippen LogP contribution < -0.4 is 9.47 Å². The molecule has 1 saturated heterocycles. The van der Waals surface area contributed by atoms with Gasteiger partial charge in [-0.1, -0.05) is 26.0 Å². The molecule has 1 fully saturated rings. The van der Waals surface area contributed by atoms with Crippen LogP contribution in [0.2, 0.25) is 0 Å². The van der Waals surface area contributed by atoms with E-state index in [0.717, 1.165) is 18.5 Å². The van der Waals surface area contributed by atoms with E-state index in [-0.39, 0.29) is 11.3 Å². The number of carbonyl (C=O) groups is 2. The number of aliphatic hydroxyl groups is 1. The van der Waals surface area contributed by atoms with Gasteiger partial charge in [-0.3, -0.25) is 9.59 Å². The van der Waals surface area contributed by atoms with Crippen molar-refractivity contribution in [2.45, 2.75) is 39.7 Å². The number of aliphatic hydroxyl groups excluding tert-OH is 1. The molecule has 36 heavy (non-hydrogen) atoms. The first-order valence-corrected chi connectivity index (χ1v) is 12.6. The normalized spacial score (nSPS) is 17.3. The van der Waals surface area contributed by atoms with Gasteiger partial charge in [-0.15, -0.1) is 0 Å². The predicted molar refractivity (Wildman–Crippen MR) is 141 cm³/mol. The average molecular weight is 495 g/mol. The fraction of sp³-hybridized carbons (Fsp3) is 0.448. The van der Waals surface area contributed by atoms with Crippen molar-refractivity contribution < 1.29 is 24.2 Å². The Morgan fingerprint density at radius 2 is 1.78 bits per heavy atom. The molecule has 1 atom stereocenters. The number of ketones is 1. The maximum atomic E-state index is 13.2. The molecule has 7 nitrogen and oxygen atoms in total. The summed E-state index contributed by atoms with van der Waals surface area (Å²) in [5.74, 6) is 0.391. The second-order valence-corrected chi connectivity index (χ2v) is 9.71. The largest absolute Gasteiger partial charge is 0.507 e. The topological polar surface area (TPSA) is 79.3 Å². The van der Waals surface area contributed by atoms with E-state index in [1.807, 2.05) is 50.2 Å². The van der Waals surface area contributed by atoms with Gasteiger partial charge in [-0.2, -0.15) is 0 Å². The van der Waals surface area contributed by atoms with E-state index in [0.29, 0.717) is 49.2 Å². The molecule has 1 N–H and O–H groups in total. The van der Waals surface area contributed by atoms with Crippen molar-refractivity contribution in [1.82, 2.24) is 9.80 Å². The van der Waals surface area contributed by atoms with E-state index >= 15 is 0 Å². The van der Waals surface area contributed by atoms with E-state index in [2.05, 4.69) is 13.8 Å². The molecular weight excluding hydrogens is 456 g/mol. The van der Waals surface area contributed by atoms with Gasteiger partial charge in [0.05, 0.1) is 24.8 Å². The highest BCUT2D eigenvalue weighted by atomic mass is 16.5. The first-order chi connectivity index (χ1) is 17.2. The molecule has 7 heteroatoms. The van der Waals surface area contributed by atoms with E-state index in [9.17, 15) is 14.7 Å². The van der Waals surface area contributed by atoms with Crippen LogP contribution >= 0.6 is 0 Å². The lowest BCUT2D eigenvalue weighted by molar-refractivity contribution is -0.139. The fourth-order valence-electron chi connectivity index (χ4n) is 4.23. The molecule has 194 valence electrons. The van der Waals surface area contributed by atoms with Gasteiger partial charge in [0.25, 0.3) is 11.7 Å². The lowest BCUT2D eigenvalue weighted by Crippen LogP contribution is -2.32. The summed E-state index contributed by atoms with van der Waals surface area (Å²) < 4.78 is 11.4. The average Bonchev–Trinajstić information content (AvgIpc) is 3.09. The van der Waals surface area contributed by atoms with Gasteiger partial charge in [0, 0.05) is 12.1 Å². The van der Waals surface area contributed by atoms with Crippen LogP contribution in [-0.2, 0) is 9.59 Å². The molecule has 1 unspecified atom stereocenters. The molecule has 1 heterocycles. The summed E-state index contributed by atoms with van der Waals surface area (Å²) in [6, 6.07) is 13.6. The quantitative estimate of drug-likeness (QED) is 0.257. The summed E-state index contributed by atoms with van der Waals surface area (Å²) in [6.07, 6.45) is 1.62. The van der Waals surface area contributed by atoms with Crippen LogP contribution in [0.15, 0.2) is 54.1 Å². The van der Waals surface area contributed by atoms with Crippen LogP contribution in [0.3, 0.4) is 0 Å². The summed E-state index contributed by atoms with van der Waals surface area (Å²) in [5.41, 5.74) is 1.28. The highest BCUT2D eigenvalue weighted by Crippen LogP contribution is 2.40. The molecule has 0 aliphatic carbocycles. The molecule has 1 aliphatic rings. The van der Waals surface area contributed by atoms with Crippen molar-refractivity contribution in [2.75, 3.05) is 40.4 Å². The molecule has 0 aromatic heterocycles. The Labute approximate surface area is 214 Å². The zero-order valence-corrected chi connectivity index (χ0v) is 22.0. The Kier molecular flexibility index (Phi) is 9.53. The third kappa shape index (κ3) is 6.66. The van der Waals surface area contributed by atoms with E-state index in [1.54, 1.807) is 29.2 Å². The summed E-state index contributed by atoms with van der Waals surface area (Å²) in [5, 5.41) is 11.3. The minimum absolute atomic E-state index is 0.0911. The number of amides is 1. The van der Waals surface area contributed by atoms with Crippen LogP contribution in [0.4, 0.5) is 0 Å². The number of hydrogen-bond donors (Lipinski definition) is 1. The SMILES string of the molecule is CCOc1ccc(C(O)=C2C(=O)C(=O)N(CCCN(C)C)C2c2cccc(OCCC(C)C)c2)cc1. The van der Waals surface area contributed by atoms with Crippen molar-refractivity contribution in [1.29, 1.82) is 0 Å². The van der Waals surface area contributed by atoms with Crippen LogP contribution in [0, 0.1) is 5.92 Å². The van der Waals surface area contributed by atoms with Crippen LogP contribution in [0.1, 0.15) is 50.8 Å². The van der Waals surface area contributed by atoms with Crippen molar-refractivity contribution in [3.05, 3.63) is 65.2 Å². The second kappa shape index (κ2) is 12.6. The lowest BCUT2D eigenvalue weighted by atomic mass is 9.95. The first kappa shape index (κ1) is 27.3. The smallest absolute Gasteiger partial charge is 0.295 e. The van der Waals surface area contributed by atoms with Crippen molar-refractivity contribution in [3.8, 4) is 11.5 Å². The third-order valence-corrected chi connectivity index (χ3v) is 6.12. The molecule has 0 spiro atoms. The Hall–Kier alpha value is -3.32. The number of hydrogen-bond acceptors (Lipinski definition) is 6. The van der Waals surface area contributed by atoms with Crippen molar-refractivity contribution >= 4 is 17.4 Å². The van der Waals surface area contributed by atoms with Gasteiger partial charge in [0.1, 0.15) is 17.3 Å². The van der Waals surface area contributed by atoms with Gasteiger partial charge >= 0.3 is 0 Å². The molecule has 2 aromatic rings. The van der Waals surface area contributed by atoms with Crippen LogP contribution in [0.25, 0.3) is 5.76 Å². The Balaban J connectivity index is 2.01. The standard InChI is InChI=1S/C29H38N2O5/c1-6-35-23-13-11-21(12-14-23)27(32)25-26(31(29(34)28(25)33)17-8-16-30(4)5)22-9-7-10-24(19-22)36-18-15-20(2)3/h7,9-14,19-20,26,32H,6,8,15-18H2,1-5H3. The maximum absolute atomic E-state index is 13.2. The van der Waals surface area contributed by atoms with Crippen LogP contribution in [-0.4, -0.2) is 67.0 Å². The fourth-order valence-corrected chi connectivity index (χ4v) is 4.23. The maximum Gasteiger partial charge on any atom is 0.295 e. The molecule has 3 rings (SSSR count). The minimum atomic E-state index is -0.702. The van der Waals surface area contributed by atoms with E-state index < -0.39 is 17.7 Å². The zero-order chi connectivity index (χ0) is 26.2. The molecule has 1 amide bonds. The molecule has 2 aromatic carbocycles. The lowest BCUT2D eigenvalue weighted by Gasteiger charge is -2.26. The molecular formula is C29H38N2O5. The van der Waals surface area contributed by atoms with Crippen LogP contribution in [0.5, 0.6) is 11.5 Å². The van der Waals surface area contributed by atoms with Gasteiger partial charge < -0.3 is 24.4 Å². The highest BCUT2D eigenvalue weighted by Gasteiger charge is 2.45. The molecule has 0 bridgehead atoms. The van der Waals surface area contributed by atoms with Gasteiger partial charge in [0.2, 0.25) is 0 Å². The summed E-state index contributed by atoms with van der Waals surface area (Å²) in [7, 11) is 3.94. The Morgan fingerprint density at radius 3 is 2.42 bits per heavy atom. The molecule has 0 saturated carbocycles. The minimum Gasteiger partial charge on any atom is -0.507 e. The number of ether oxygens (including phenoxy) is 2. The van der Waals surface area contributed by atoms with Gasteiger partial charge in [-0.05, 0) is 88.3 Å². The number of carbonyl (C=O) groups excluding carboxylic acids is 2.